The van der Waals surface area contributed by atoms with Crippen molar-refractivity contribution < 1.29 is 22.7 Å². The number of fused-ring (bicyclic) bond motifs is 1. The van der Waals surface area contributed by atoms with Crippen molar-refractivity contribution in [1.29, 1.82) is 0 Å². The average molecular weight is 404 g/mol. The van der Waals surface area contributed by atoms with E-state index in [1.807, 2.05) is 24.3 Å². The van der Waals surface area contributed by atoms with Gasteiger partial charge in [-0.3, -0.25) is 4.79 Å². The maximum atomic E-state index is 13.0. The largest absolute Gasteiger partial charge is 0.497 e. The summed E-state index contributed by atoms with van der Waals surface area (Å²) >= 11 is 0. The first kappa shape index (κ1) is 19.6. The molecule has 2 aromatic rings. The molecule has 0 radical (unpaired) electrons. The van der Waals surface area contributed by atoms with Crippen LogP contribution in [0.2, 0.25) is 0 Å². The molecular formula is C22H23F3N2O2. The molecule has 2 saturated heterocycles. The SMILES string of the molecule is COc1ccc(N2CCC[C@H]3CN(C(=O)c4cccc(C(F)(F)F)c4)C[C@@H]32)cc1. The molecule has 0 saturated carbocycles. The summed E-state index contributed by atoms with van der Waals surface area (Å²) in [5.74, 6) is 0.774. The minimum Gasteiger partial charge on any atom is -0.497 e. The average Bonchev–Trinajstić information content (AvgIpc) is 3.17. The van der Waals surface area contributed by atoms with E-state index in [0.29, 0.717) is 19.0 Å². The molecule has 4 rings (SSSR count). The third-order valence-electron chi connectivity index (χ3n) is 5.91. The summed E-state index contributed by atoms with van der Waals surface area (Å²) in [6.07, 6.45) is -2.41. The lowest BCUT2D eigenvalue weighted by Crippen LogP contribution is -2.45. The molecular weight excluding hydrogens is 381 g/mol. The highest BCUT2D eigenvalue weighted by Gasteiger charge is 2.41. The second kappa shape index (κ2) is 7.61. The molecule has 2 aliphatic rings. The number of halogens is 3. The van der Waals surface area contributed by atoms with Crippen LogP contribution in [0.15, 0.2) is 48.5 Å². The number of benzene rings is 2. The van der Waals surface area contributed by atoms with Crippen LogP contribution in [0.1, 0.15) is 28.8 Å². The molecule has 154 valence electrons. The van der Waals surface area contributed by atoms with Crippen LogP contribution in [0.4, 0.5) is 18.9 Å². The Hall–Kier alpha value is -2.70. The van der Waals surface area contributed by atoms with E-state index in [1.165, 1.54) is 12.1 Å². The minimum absolute atomic E-state index is 0.0921. The van der Waals surface area contributed by atoms with Crippen molar-refractivity contribution in [2.75, 3.05) is 31.6 Å². The van der Waals surface area contributed by atoms with Crippen LogP contribution in [0, 0.1) is 5.92 Å². The number of hydrogen-bond donors (Lipinski definition) is 0. The highest BCUT2D eigenvalue weighted by Crippen LogP contribution is 2.36. The molecule has 0 bridgehead atoms. The van der Waals surface area contributed by atoms with Gasteiger partial charge in [0.15, 0.2) is 0 Å². The van der Waals surface area contributed by atoms with E-state index in [4.69, 9.17) is 4.74 Å². The molecule has 4 nitrogen and oxygen atoms in total. The molecule has 0 spiro atoms. The van der Waals surface area contributed by atoms with Crippen molar-refractivity contribution in [3.8, 4) is 5.75 Å². The first-order valence-corrected chi connectivity index (χ1v) is 9.74. The highest BCUT2D eigenvalue weighted by atomic mass is 19.4. The Morgan fingerprint density at radius 3 is 2.55 bits per heavy atom. The van der Waals surface area contributed by atoms with Crippen LogP contribution in [0.25, 0.3) is 0 Å². The van der Waals surface area contributed by atoms with E-state index >= 15 is 0 Å². The van der Waals surface area contributed by atoms with Gasteiger partial charge in [0.2, 0.25) is 0 Å². The quantitative estimate of drug-likeness (QED) is 0.758. The summed E-state index contributed by atoms with van der Waals surface area (Å²) in [6, 6.07) is 12.7. The maximum absolute atomic E-state index is 13.0. The molecule has 7 heteroatoms. The zero-order valence-electron chi connectivity index (χ0n) is 16.2. The standard InChI is InChI=1S/C22H23F3N2O2/c1-29-19-9-7-18(8-10-19)27-11-3-5-16-13-26(14-20(16)27)21(28)15-4-2-6-17(12-15)22(23,24)25/h2,4,6-10,12,16,20H,3,5,11,13-14H2,1H3/t16-,20-/m0/s1. The lowest BCUT2D eigenvalue weighted by Gasteiger charge is -2.38. The van der Waals surface area contributed by atoms with Crippen LogP contribution in [0.5, 0.6) is 5.75 Å². The molecule has 0 aromatic heterocycles. The van der Waals surface area contributed by atoms with Crippen molar-refractivity contribution in [2.45, 2.75) is 25.1 Å². The van der Waals surface area contributed by atoms with Gasteiger partial charge in [-0.15, -0.1) is 0 Å². The summed E-state index contributed by atoms with van der Waals surface area (Å²) < 4.78 is 44.2. The smallest absolute Gasteiger partial charge is 0.416 e. The fourth-order valence-electron chi connectivity index (χ4n) is 4.45. The van der Waals surface area contributed by atoms with Crippen LogP contribution in [-0.4, -0.2) is 43.6 Å². The Morgan fingerprint density at radius 2 is 1.86 bits per heavy atom. The molecule has 0 N–H and O–H groups in total. The zero-order chi connectivity index (χ0) is 20.6. The Balaban J connectivity index is 1.52. The minimum atomic E-state index is -4.46. The molecule has 2 heterocycles. The summed E-state index contributed by atoms with van der Waals surface area (Å²) in [4.78, 5) is 16.9. The summed E-state index contributed by atoms with van der Waals surface area (Å²) in [6.45, 7) is 2.00. The summed E-state index contributed by atoms with van der Waals surface area (Å²) in [5, 5.41) is 0. The Labute approximate surface area is 167 Å². The molecule has 0 aliphatic carbocycles. The number of amides is 1. The maximum Gasteiger partial charge on any atom is 0.416 e. The van der Waals surface area contributed by atoms with Crippen molar-refractivity contribution >= 4 is 11.6 Å². The Bertz CT molecular complexity index is 882. The third kappa shape index (κ3) is 3.91. The normalized spacial score (nSPS) is 21.8. The van der Waals surface area contributed by atoms with Gasteiger partial charge in [-0.2, -0.15) is 13.2 Å². The molecule has 2 fully saturated rings. The number of nitrogens with zero attached hydrogens (tertiary/aromatic N) is 2. The number of hydrogen-bond acceptors (Lipinski definition) is 3. The predicted octanol–water partition coefficient (Wildman–Crippen LogP) is 4.46. The zero-order valence-corrected chi connectivity index (χ0v) is 16.2. The van der Waals surface area contributed by atoms with Crippen molar-refractivity contribution in [3.05, 3.63) is 59.7 Å². The van der Waals surface area contributed by atoms with E-state index in [9.17, 15) is 18.0 Å². The van der Waals surface area contributed by atoms with Crippen LogP contribution in [0.3, 0.4) is 0 Å². The topological polar surface area (TPSA) is 32.8 Å². The van der Waals surface area contributed by atoms with Gasteiger partial charge in [0, 0.05) is 30.9 Å². The van der Waals surface area contributed by atoms with Gasteiger partial charge >= 0.3 is 6.18 Å². The lowest BCUT2D eigenvalue weighted by atomic mass is 9.91. The second-order valence-electron chi connectivity index (χ2n) is 7.65. The van der Waals surface area contributed by atoms with E-state index in [0.717, 1.165) is 43.0 Å². The van der Waals surface area contributed by atoms with Gasteiger partial charge in [0.25, 0.3) is 5.91 Å². The van der Waals surface area contributed by atoms with Crippen molar-refractivity contribution in [2.24, 2.45) is 5.92 Å². The number of rotatable bonds is 3. The first-order chi connectivity index (χ1) is 13.9. The van der Waals surface area contributed by atoms with Gasteiger partial charge in [-0.25, -0.2) is 0 Å². The van der Waals surface area contributed by atoms with E-state index in [1.54, 1.807) is 12.0 Å². The van der Waals surface area contributed by atoms with Crippen LogP contribution in [-0.2, 0) is 6.18 Å². The van der Waals surface area contributed by atoms with Gasteiger partial charge in [-0.1, -0.05) is 6.07 Å². The third-order valence-corrected chi connectivity index (χ3v) is 5.91. The number of carbonyl (C=O) groups is 1. The fourth-order valence-corrected chi connectivity index (χ4v) is 4.45. The number of anilines is 1. The van der Waals surface area contributed by atoms with Gasteiger partial charge < -0.3 is 14.5 Å². The molecule has 2 aromatic carbocycles. The number of ether oxygens (including phenoxy) is 1. The number of likely N-dealkylation sites (tertiary alicyclic amines) is 1. The van der Waals surface area contributed by atoms with Crippen molar-refractivity contribution in [3.63, 3.8) is 0 Å². The van der Waals surface area contributed by atoms with E-state index in [-0.39, 0.29) is 17.5 Å². The Morgan fingerprint density at radius 1 is 1.10 bits per heavy atom. The predicted molar refractivity (Wildman–Crippen MR) is 104 cm³/mol. The van der Waals surface area contributed by atoms with Gasteiger partial charge in [-0.05, 0) is 61.2 Å². The Kier molecular flexibility index (Phi) is 5.15. The number of piperidine rings is 1. The van der Waals surface area contributed by atoms with E-state index < -0.39 is 11.7 Å². The van der Waals surface area contributed by atoms with E-state index in [2.05, 4.69) is 4.90 Å². The molecule has 1 amide bonds. The molecule has 2 atom stereocenters. The molecule has 29 heavy (non-hydrogen) atoms. The second-order valence-corrected chi connectivity index (χ2v) is 7.65. The lowest BCUT2D eigenvalue weighted by molar-refractivity contribution is -0.137. The van der Waals surface area contributed by atoms with Gasteiger partial charge in [0.05, 0.1) is 18.7 Å². The van der Waals surface area contributed by atoms with Gasteiger partial charge in [0.1, 0.15) is 5.75 Å². The monoisotopic (exact) mass is 404 g/mol. The van der Waals surface area contributed by atoms with Crippen LogP contribution < -0.4 is 9.64 Å². The number of carbonyl (C=O) groups excluding carboxylic acids is 1. The first-order valence-electron chi connectivity index (χ1n) is 9.74. The highest BCUT2D eigenvalue weighted by molar-refractivity contribution is 5.94. The summed E-state index contributed by atoms with van der Waals surface area (Å²) in [7, 11) is 1.63. The fraction of sp³-hybridized carbons (Fsp3) is 0.409. The summed E-state index contributed by atoms with van der Waals surface area (Å²) in [5.41, 5.74) is 0.378. The molecule has 2 aliphatic heterocycles. The molecule has 0 unspecified atom stereocenters. The number of methoxy groups -OCH3 is 1. The van der Waals surface area contributed by atoms with Crippen LogP contribution >= 0.6 is 0 Å². The van der Waals surface area contributed by atoms with Crippen molar-refractivity contribution in [1.82, 2.24) is 4.90 Å². The number of alkyl halides is 3.